The maximum atomic E-state index is 14.1. The van der Waals surface area contributed by atoms with Crippen molar-refractivity contribution in [2.75, 3.05) is 0 Å². The van der Waals surface area contributed by atoms with E-state index >= 15 is 0 Å². The van der Waals surface area contributed by atoms with E-state index in [1.807, 2.05) is 0 Å². The number of benzene rings is 1. The second-order valence-corrected chi connectivity index (χ2v) is 6.82. The van der Waals surface area contributed by atoms with Gasteiger partial charge in [-0.15, -0.1) is 0 Å². The van der Waals surface area contributed by atoms with E-state index in [0.29, 0.717) is 10.3 Å². The van der Waals surface area contributed by atoms with E-state index in [2.05, 4.69) is 4.98 Å². The van der Waals surface area contributed by atoms with Crippen LogP contribution < -0.4 is 0 Å². The smallest absolute Gasteiger partial charge is 0.270 e. The molecule has 0 saturated heterocycles. The van der Waals surface area contributed by atoms with Gasteiger partial charge in [0, 0.05) is 29.7 Å². The predicted octanol–water partition coefficient (Wildman–Crippen LogP) is 2.61. The molecule has 124 valence electrons. The predicted molar refractivity (Wildman–Crippen MR) is 86.7 cm³/mol. The first-order valence-electron chi connectivity index (χ1n) is 7.02. The van der Waals surface area contributed by atoms with Gasteiger partial charge in [-0.25, -0.2) is 16.8 Å². The zero-order valence-corrected chi connectivity index (χ0v) is 13.4. The summed E-state index contributed by atoms with van der Waals surface area (Å²) in [6, 6.07) is 10.1. The minimum atomic E-state index is -4.16. The summed E-state index contributed by atoms with van der Waals surface area (Å²) in [6.45, 7) is 0. The maximum Gasteiger partial charge on any atom is 0.270 e. The summed E-state index contributed by atoms with van der Waals surface area (Å²) < 4.78 is 40.3. The van der Waals surface area contributed by atoms with Crippen molar-refractivity contribution < 1.29 is 17.6 Å². The first-order valence-corrected chi connectivity index (χ1v) is 8.46. The van der Waals surface area contributed by atoms with Crippen LogP contribution in [0.15, 0.2) is 59.9 Å². The molecule has 0 radical (unpaired) electrons. The van der Waals surface area contributed by atoms with E-state index in [4.69, 9.17) is 0 Å². The molecular formula is C17H10FN3O3S. The minimum Gasteiger partial charge on any atom is -0.298 e. The van der Waals surface area contributed by atoms with Crippen molar-refractivity contribution >= 4 is 16.3 Å². The second kappa shape index (κ2) is 6.30. The molecule has 2 heterocycles. The van der Waals surface area contributed by atoms with Gasteiger partial charge in [0.25, 0.3) is 10.0 Å². The van der Waals surface area contributed by atoms with E-state index in [0.717, 1.165) is 12.4 Å². The van der Waals surface area contributed by atoms with Crippen LogP contribution in [0, 0.1) is 17.1 Å². The van der Waals surface area contributed by atoms with Crippen LogP contribution in [0.4, 0.5) is 4.39 Å². The molecule has 2 aromatic heterocycles. The standard InChI is InChI=1S/C17H10FN3O3S/c18-16-6-2-1-5-13(16)14-10-21(17(8-19)15(14)11-22)25(23,24)12-4-3-7-20-9-12/h1-7,9-11H. The molecule has 0 N–H and O–H groups in total. The van der Waals surface area contributed by atoms with Crippen LogP contribution >= 0.6 is 0 Å². The highest BCUT2D eigenvalue weighted by Gasteiger charge is 2.26. The number of aldehydes is 1. The summed E-state index contributed by atoms with van der Waals surface area (Å²) in [5.41, 5.74) is -0.532. The Kier molecular flexibility index (Phi) is 4.17. The number of nitrogens with zero attached hydrogens (tertiary/aromatic N) is 3. The van der Waals surface area contributed by atoms with Crippen molar-refractivity contribution in [1.29, 1.82) is 5.26 Å². The van der Waals surface area contributed by atoms with Crippen molar-refractivity contribution in [2.45, 2.75) is 4.90 Å². The quantitative estimate of drug-likeness (QED) is 0.671. The number of aromatic nitrogens is 2. The zero-order chi connectivity index (χ0) is 18.0. The van der Waals surface area contributed by atoms with Crippen LogP contribution in [-0.2, 0) is 10.0 Å². The Morgan fingerprint density at radius 2 is 1.92 bits per heavy atom. The highest BCUT2D eigenvalue weighted by molar-refractivity contribution is 7.90. The van der Waals surface area contributed by atoms with Crippen LogP contribution in [0.3, 0.4) is 0 Å². The summed E-state index contributed by atoms with van der Waals surface area (Å²) in [7, 11) is -4.16. The van der Waals surface area contributed by atoms with Gasteiger partial charge >= 0.3 is 0 Å². The van der Waals surface area contributed by atoms with Gasteiger partial charge < -0.3 is 0 Å². The van der Waals surface area contributed by atoms with Gasteiger partial charge in [0.1, 0.15) is 22.5 Å². The molecule has 0 aliphatic rings. The average Bonchev–Trinajstić information content (AvgIpc) is 3.02. The monoisotopic (exact) mass is 355 g/mol. The molecule has 0 bridgehead atoms. The topological polar surface area (TPSA) is 92.8 Å². The minimum absolute atomic E-state index is 0.0251. The molecule has 0 fully saturated rings. The van der Waals surface area contributed by atoms with Gasteiger partial charge in [-0.2, -0.15) is 5.26 Å². The molecule has 0 unspecified atom stereocenters. The van der Waals surface area contributed by atoms with Crippen molar-refractivity contribution in [1.82, 2.24) is 8.96 Å². The van der Waals surface area contributed by atoms with Crippen molar-refractivity contribution in [3.05, 3.63) is 72.1 Å². The lowest BCUT2D eigenvalue weighted by atomic mass is 10.0. The number of halogens is 1. The maximum absolute atomic E-state index is 14.1. The van der Waals surface area contributed by atoms with E-state index < -0.39 is 21.5 Å². The second-order valence-electron chi connectivity index (χ2n) is 5.00. The first-order chi connectivity index (χ1) is 12.0. The van der Waals surface area contributed by atoms with Crippen LogP contribution in [0.2, 0.25) is 0 Å². The Morgan fingerprint density at radius 3 is 2.52 bits per heavy atom. The fourth-order valence-electron chi connectivity index (χ4n) is 2.42. The fourth-order valence-corrected chi connectivity index (χ4v) is 3.72. The Hall–Kier alpha value is -3.31. The molecule has 25 heavy (non-hydrogen) atoms. The number of carbonyl (C=O) groups excluding carboxylic acids is 1. The Morgan fingerprint density at radius 1 is 1.16 bits per heavy atom. The third-order valence-corrected chi connectivity index (χ3v) is 5.23. The first kappa shape index (κ1) is 16.5. The van der Waals surface area contributed by atoms with Gasteiger partial charge in [-0.05, 0) is 18.2 Å². The average molecular weight is 355 g/mol. The van der Waals surface area contributed by atoms with Gasteiger partial charge in [-0.1, -0.05) is 18.2 Å². The molecule has 0 atom stereocenters. The molecule has 1 aromatic carbocycles. The van der Waals surface area contributed by atoms with E-state index in [1.54, 1.807) is 12.1 Å². The molecule has 0 saturated carbocycles. The molecule has 3 rings (SSSR count). The third-order valence-electron chi connectivity index (χ3n) is 3.59. The van der Waals surface area contributed by atoms with Crippen LogP contribution in [0.25, 0.3) is 11.1 Å². The zero-order valence-electron chi connectivity index (χ0n) is 12.6. The fraction of sp³-hybridized carbons (Fsp3) is 0. The molecular weight excluding hydrogens is 345 g/mol. The summed E-state index contributed by atoms with van der Waals surface area (Å²) in [5, 5.41) is 9.37. The number of carbonyl (C=O) groups is 1. The summed E-state index contributed by atoms with van der Waals surface area (Å²) in [6.07, 6.45) is 3.94. The number of pyridine rings is 1. The van der Waals surface area contributed by atoms with E-state index in [-0.39, 0.29) is 21.6 Å². The lowest BCUT2D eigenvalue weighted by Gasteiger charge is -2.06. The third kappa shape index (κ3) is 2.70. The summed E-state index contributed by atoms with van der Waals surface area (Å²) in [5.74, 6) is -0.633. The Labute approximate surface area is 142 Å². The molecule has 6 nitrogen and oxygen atoms in total. The highest BCUT2D eigenvalue weighted by Crippen LogP contribution is 2.31. The normalized spacial score (nSPS) is 11.0. The number of hydrogen-bond acceptors (Lipinski definition) is 5. The molecule has 0 aliphatic carbocycles. The van der Waals surface area contributed by atoms with E-state index in [9.17, 15) is 22.9 Å². The lowest BCUT2D eigenvalue weighted by Crippen LogP contribution is -2.14. The van der Waals surface area contributed by atoms with Crippen LogP contribution in [-0.4, -0.2) is 23.7 Å². The van der Waals surface area contributed by atoms with Gasteiger partial charge in [0.05, 0.1) is 5.56 Å². The molecule has 0 aliphatic heterocycles. The number of nitriles is 1. The van der Waals surface area contributed by atoms with Crippen LogP contribution in [0.5, 0.6) is 0 Å². The SMILES string of the molecule is N#Cc1c(C=O)c(-c2ccccc2F)cn1S(=O)(=O)c1cccnc1. The highest BCUT2D eigenvalue weighted by atomic mass is 32.2. The number of rotatable bonds is 4. The molecule has 0 amide bonds. The van der Waals surface area contributed by atoms with Gasteiger partial charge in [-0.3, -0.25) is 9.78 Å². The largest absolute Gasteiger partial charge is 0.298 e. The Balaban J connectivity index is 2.32. The number of hydrogen-bond donors (Lipinski definition) is 0. The summed E-state index contributed by atoms with van der Waals surface area (Å²) >= 11 is 0. The van der Waals surface area contributed by atoms with Crippen molar-refractivity contribution in [3.8, 4) is 17.2 Å². The molecule has 3 aromatic rings. The van der Waals surface area contributed by atoms with Crippen molar-refractivity contribution in [2.24, 2.45) is 0 Å². The van der Waals surface area contributed by atoms with Crippen LogP contribution in [0.1, 0.15) is 16.1 Å². The lowest BCUT2D eigenvalue weighted by molar-refractivity contribution is 0.112. The summed E-state index contributed by atoms with van der Waals surface area (Å²) in [4.78, 5) is 15.1. The molecule has 8 heteroatoms. The van der Waals surface area contributed by atoms with Gasteiger partial charge in [0.15, 0.2) is 6.29 Å². The van der Waals surface area contributed by atoms with Crippen molar-refractivity contribution in [3.63, 3.8) is 0 Å². The molecule has 0 spiro atoms. The van der Waals surface area contributed by atoms with E-state index in [1.165, 1.54) is 36.5 Å². The van der Waals surface area contributed by atoms with Gasteiger partial charge in [0.2, 0.25) is 0 Å². The Bertz CT molecular complexity index is 1100.